The average molecular weight is 769 g/mol. The largest absolute Gasteiger partial charge is 1.00 e. The van der Waals surface area contributed by atoms with Gasteiger partial charge in [-0.3, -0.25) is 0 Å². The van der Waals surface area contributed by atoms with Crippen molar-refractivity contribution in [3.05, 3.63) is 53.6 Å². The third-order valence-electron chi connectivity index (χ3n) is 9.46. The molecule has 0 fully saturated rings. The first-order chi connectivity index (χ1) is 25.3. The van der Waals surface area contributed by atoms with E-state index in [1.165, 1.54) is 134 Å². The van der Waals surface area contributed by atoms with Crippen molar-refractivity contribution in [2.75, 3.05) is 13.2 Å². The number of rotatable bonds is 35. The Morgan fingerprint density at radius 1 is 0.509 bits per heavy atom. The molecule has 1 aromatic rings. The summed E-state index contributed by atoms with van der Waals surface area (Å²) < 4.78 is 45.7. The van der Waals surface area contributed by atoms with Crippen LogP contribution in [0.4, 0.5) is 0 Å². The molecule has 0 saturated heterocycles. The molecular weight excluding hydrogens is 696 g/mol. The summed E-state index contributed by atoms with van der Waals surface area (Å²) in [5.41, 5.74) is -0.340. The molecule has 0 aromatic heterocycles. The smallest absolute Gasteiger partial charge is 0.744 e. The maximum Gasteiger partial charge on any atom is 1.00 e. The summed E-state index contributed by atoms with van der Waals surface area (Å²) in [5, 5.41) is 0. The van der Waals surface area contributed by atoms with Gasteiger partial charge in [-0.1, -0.05) is 167 Å². The summed E-state index contributed by atoms with van der Waals surface area (Å²) in [5.74, 6) is -1.55. The van der Waals surface area contributed by atoms with Gasteiger partial charge in [0.25, 0.3) is 0 Å². The molecule has 1 rings (SSSR count). The topological polar surface area (TPSA) is 110 Å². The van der Waals surface area contributed by atoms with E-state index >= 15 is 0 Å². The molecule has 0 aliphatic heterocycles. The molecule has 0 aliphatic carbocycles. The molecule has 0 atom stereocenters. The van der Waals surface area contributed by atoms with Crippen LogP contribution in [0.2, 0.25) is 0 Å². The van der Waals surface area contributed by atoms with Crippen LogP contribution < -0.4 is 29.6 Å². The number of carbonyl (C=O) groups excluding carboxylic acids is 2. The molecule has 0 amide bonds. The third kappa shape index (κ3) is 29.5. The number of hydrogen-bond acceptors (Lipinski definition) is 7. The number of benzene rings is 1. The van der Waals surface area contributed by atoms with E-state index in [4.69, 9.17) is 9.47 Å². The van der Waals surface area contributed by atoms with Crippen molar-refractivity contribution in [2.24, 2.45) is 0 Å². The molecule has 7 nitrogen and oxygen atoms in total. The van der Waals surface area contributed by atoms with Gasteiger partial charge < -0.3 is 14.0 Å². The average Bonchev–Trinajstić information content (AvgIpc) is 3.13. The number of ether oxygens (including phenoxy) is 2. The maximum atomic E-state index is 12.9. The van der Waals surface area contributed by atoms with Crippen molar-refractivity contribution in [1.29, 1.82) is 0 Å². The predicted molar refractivity (Wildman–Crippen MR) is 214 cm³/mol. The number of unbranched alkanes of at least 4 members (excludes halogenated alkanes) is 24. The second-order valence-corrected chi connectivity index (χ2v) is 15.7. The van der Waals surface area contributed by atoms with E-state index in [0.29, 0.717) is 12.8 Å². The molecule has 0 radical (unpaired) electrons. The van der Waals surface area contributed by atoms with Crippen LogP contribution in [0.5, 0.6) is 0 Å². The molecule has 0 bridgehead atoms. The molecule has 9 heteroatoms. The quantitative estimate of drug-likeness (QED) is 0.0222. The van der Waals surface area contributed by atoms with Gasteiger partial charge in [0.05, 0.1) is 29.2 Å². The molecule has 0 saturated carbocycles. The van der Waals surface area contributed by atoms with Gasteiger partial charge in [-0.05, 0) is 69.6 Å². The van der Waals surface area contributed by atoms with Crippen molar-refractivity contribution < 1.29 is 61.6 Å². The van der Waals surface area contributed by atoms with Gasteiger partial charge in [-0.25, -0.2) is 18.0 Å². The Balaban J connectivity index is 0.0000270. The summed E-state index contributed by atoms with van der Waals surface area (Å²) in [6, 6.07) is 3.13. The molecule has 0 N–H and O–H groups in total. The first-order valence-corrected chi connectivity index (χ1v) is 22.5. The molecular formula is C44H73NaO7S. The first-order valence-electron chi connectivity index (χ1n) is 21.0. The zero-order chi connectivity index (χ0) is 38.0. The Labute approximate surface area is 347 Å². The standard InChI is InChI=1S/C44H74O7S.Na/c1-3-5-7-9-11-13-15-17-19-21-23-25-27-29-31-33-37-50-43(45)41-36-35-40(52(47,48)49)39-42(41)44(46)51-38-34-32-30-28-26-24-22-20-18-16-14-12-10-8-6-4-2;/h7-10,35-36,39H,3-6,11-34,37-38H2,1-2H3,(H,47,48,49);/q;+1/p-1/b9-7+,10-8+;. The van der Waals surface area contributed by atoms with Crippen molar-refractivity contribution >= 4 is 22.1 Å². The van der Waals surface area contributed by atoms with Crippen LogP contribution in [0.25, 0.3) is 0 Å². The Hall–Kier alpha value is -1.45. The fourth-order valence-electron chi connectivity index (χ4n) is 6.23. The summed E-state index contributed by atoms with van der Waals surface area (Å²) >= 11 is 0. The van der Waals surface area contributed by atoms with Crippen molar-refractivity contribution in [3.63, 3.8) is 0 Å². The van der Waals surface area contributed by atoms with Gasteiger partial charge in [0, 0.05) is 0 Å². The molecule has 298 valence electrons. The molecule has 0 aliphatic rings. The van der Waals surface area contributed by atoms with Crippen molar-refractivity contribution in [2.45, 2.75) is 199 Å². The van der Waals surface area contributed by atoms with Gasteiger partial charge in [0.2, 0.25) is 0 Å². The minimum absolute atomic E-state index is 0. The Kier molecular flexibility index (Phi) is 35.2. The van der Waals surface area contributed by atoms with Gasteiger partial charge in [-0.15, -0.1) is 0 Å². The number of allylic oxidation sites excluding steroid dienone is 4. The van der Waals surface area contributed by atoms with E-state index in [0.717, 1.165) is 50.7 Å². The Morgan fingerprint density at radius 3 is 1.19 bits per heavy atom. The van der Waals surface area contributed by atoms with E-state index < -0.39 is 27.0 Å². The maximum absolute atomic E-state index is 12.9. The second-order valence-electron chi connectivity index (χ2n) is 14.3. The van der Waals surface area contributed by atoms with Crippen LogP contribution in [-0.4, -0.2) is 38.1 Å². The fourth-order valence-corrected chi connectivity index (χ4v) is 6.72. The SMILES string of the molecule is CCC/C=C/CCCCCCCCCCCCCOC(=O)c1ccc(S(=O)(=O)[O-])cc1C(=O)OCCCCCCCCCCCCC/C=C/CCC.[Na+]. The van der Waals surface area contributed by atoms with Crippen LogP contribution in [0, 0.1) is 0 Å². The third-order valence-corrected chi connectivity index (χ3v) is 10.3. The van der Waals surface area contributed by atoms with Crippen LogP contribution in [0.3, 0.4) is 0 Å². The van der Waals surface area contributed by atoms with E-state index in [1.807, 2.05) is 0 Å². The minimum atomic E-state index is -4.81. The summed E-state index contributed by atoms with van der Waals surface area (Å²) in [6.45, 7) is 4.78. The minimum Gasteiger partial charge on any atom is -0.744 e. The van der Waals surface area contributed by atoms with E-state index in [1.54, 1.807) is 0 Å². The summed E-state index contributed by atoms with van der Waals surface area (Å²) in [4.78, 5) is 25.2. The molecule has 0 heterocycles. The second kappa shape index (κ2) is 36.2. The monoisotopic (exact) mass is 768 g/mol. The van der Waals surface area contributed by atoms with Gasteiger partial charge in [-0.2, -0.15) is 0 Å². The number of esters is 2. The van der Waals surface area contributed by atoms with Crippen LogP contribution in [0.15, 0.2) is 47.4 Å². The molecule has 0 spiro atoms. The van der Waals surface area contributed by atoms with E-state index in [-0.39, 0.29) is 53.9 Å². The van der Waals surface area contributed by atoms with Crippen LogP contribution in [0.1, 0.15) is 214 Å². The van der Waals surface area contributed by atoms with Crippen LogP contribution in [-0.2, 0) is 19.6 Å². The molecule has 53 heavy (non-hydrogen) atoms. The van der Waals surface area contributed by atoms with Gasteiger partial charge >= 0.3 is 41.5 Å². The predicted octanol–water partition coefficient (Wildman–Crippen LogP) is 9.98. The number of carbonyl (C=O) groups is 2. The van der Waals surface area contributed by atoms with E-state index in [9.17, 15) is 22.6 Å². The number of hydrogen-bond donors (Lipinski definition) is 0. The van der Waals surface area contributed by atoms with Crippen LogP contribution >= 0.6 is 0 Å². The summed E-state index contributed by atoms with van der Waals surface area (Å²) in [6.07, 6.45) is 42.1. The zero-order valence-corrected chi connectivity index (χ0v) is 36.8. The Bertz CT molecular complexity index is 1210. The summed E-state index contributed by atoms with van der Waals surface area (Å²) in [7, 11) is -4.81. The van der Waals surface area contributed by atoms with Crippen molar-refractivity contribution in [1.82, 2.24) is 0 Å². The van der Waals surface area contributed by atoms with Gasteiger partial charge in [0.15, 0.2) is 0 Å². The Morgan fingerprint density at radius 2 is 0.830 bits per heavy atom. The normalized spacial score (nSPS) is 11.7. The molecule has 0 unspecified atom stereocenters. The van der Waals surface area contributed by atoms with Crippen molar-refractivity contribution in [3.8, 4) is 0 Å². The fraction of sp³-hybridized carbons (Fsp3) is 0.727. The first kappa shape index (κ1) is 51.5. The van der Waals surface area contributed by atoms with Gasteiger partial charge in [0.1, 0.15) is 10.1 Å². The zero-order valence-electron chi connectivity index (χ0n) is 34.0. The van der Waals surface area contributed by atoms with E-state index in [2.05, 4.69) is 38.2 Å². The molecule has 1 aromatic carbocycles.